The average molecular weight is 377 g/mol. The molecule has 0 aliphatic carbocycles. The van der Waals surface area contributed by atoms with Crippen LogP contribution >= 0.6 is 31.9 Å². The number of hydrogen-bond donors (Lipinski definition) is 1. The second-order valence-electron chi connectivity index (χ2n) is 4.40. The predicted molar refractivity (Wildman–Crippen MR) is 77.7 cm³/mol. The highest BCUT2D eigenvalue weighted by molar-refractivity contribution is 9.11. The minimum Gasteiger partial charge on any atom is -0.381 e. The first kappa shape index (κ1) is 14.0. The molecule has 1 aromatic rings. The van der Waals surface area contributed by atoms with Crippen LogP contribution in [-0.2, 0) is 4.74 Å². The Balaban J connectivity index is 1.83. The highest BCUT2D eigenvalue weighted by Gasteiger charge is 2.16. The van der Waals surface area contributed by atoms with E-state index in [0.717, 1.165) is 35.0 Å². The zero-order chi connectivity index (χ0) is 13.0. The molecule has 0 aromatic heterocycles. The number of nitrogens with one attached hydrogen (secondary N) is 1. The second-order valence-corrected chi connectivity index (χ2v) is 6.17. The third kappa shape index (κ3) is 3.80. The molecule has 0 spiro atoms. The summed E-state index contributed by atoms with van der Waals surface area (Å²) >= 11 is 6.76. The first-order chi connectivity index (χ1) is 8.66. The van der Waals surface area contributed by atoms with E-state index in [1.807, 2.05) is 18.2 Å². The molecule has 1 atom stereocenters. The summed E-state index contributed by atoms with van der Waals surface area (Å²) < 4.78 is 7.06. The summed E-state index contributed by atoms with van der Waals surface area (Å²) in [5.41, 5.74) is 0.667. The molecule has 18 heavy (non-hydrogen) atoms. The van der Waals surface area contributed by atoms with E-state index in [2.05, 4.69) is 37.2 Å². The Morgan fingerprint density at radius 1 is 1.44 bits per heavy atom. The molecular formula is C13H15Br2NO2. The van der Waals surface area contributed by atoms with Crippen LogP contribution in [0.15, 0.2) is 27.1 Å². The molecule has 1 amide bonds. The van der Waals surface area contributed by atoms with Gasteiger partial charge in [-0.2, -0.15) is 0 Å². The van der Waals surface area contributed by atoms with Gasteiger partial charge in [-0.1, -0.05) is 15.9 Å². The van der Waals surface area contributed by atoms with Gasteiger partial charge < -0.3 is 10.1 Å². The molecule has 0 radical (unpaired) electrons. The smallest absolute Gasteiger partial charge is 0.252 e. The average Bonchev–Trinajstić information content (AvgIpc) is 2.81. The topological polar surface area (TPSA) is 38.3 Å². The van der Waals surface area contributed by atoms with Gasteiger partial charge in [0.2, 0.25) is 0 Å². The predicted octanol–water partition coefficient (Wildman–Crippen LogP) is 3.37. The summed E-state index contributed by atoms with van der Waals surface area (Å²) in [6.07, 6.45) is 2.09. The van der Waals surface area contributed by atoms with E-state index in [9.17, 15) is 4.79 Å². The van der Waals surface area contributed by atoms with Crippen LogP contribution in [-0.4, -0.2) is 25.7 Å². The Bertz CT molecular complexity index is 431. The molecule has 2 rings (SSSR count). The van der Waals surface area contributed by atoms with Gasteiger partial charge in [0, 0.05) is 28.7 Å². The van der Waals surface area contributed by atoms with Gasteiger partial charge in [-0.05, 0) is 52.9 Å². The van der Waals surface area contributed by atoms with Crippen molar-refractivity contribution in [2.75, 3.05) is 19.8 Å². The first-order valence-corrected chi connectivity index (χ1v) is 7.56. The molecule has 1 saturated heterocycles. The fraction of sp³-hybridized carbons (Fsp3) is 0.462. The molecule has 5 heteroatoms. The molecule has 1 unspecified atom stereocenters. The van der Waals surface area contributed by atoms with E-state index in [1.54, 1.807) is 0 Å². The lowest BCUT2D eigenvalue weighted by Gasteiger charge is -2.10. The highest BCUT2D eigenvalue weighted by Crippen LogP contribution is 2.22. The summed E-state index contributed by atoms with van der Waals surface area (Å²) in [5.74, 6) is 0.562. The van der Waals surface area contributed by atoms with Crippen molar-refractivity contribution in [1.82, 2.24) is 5.32 Å². The molecule has 1 aliphatic rings. The van der Waals surface area contributed by atoms with Crippen molar-refractivity contribution in [1.29, 1.82) is 0 Å². The monoisotopic (exact) mass is 375 g/mol. The molecule has 1 aromatic carbocycles. The van der Waals surface area contributed by atoms with Crippen molar-refractivity contribution in [3.05, 3.63) is 32.7 Å². The number of halogens is 2. The van der Waals surface area contributed by atoms with Gasteiger partial charge in [0.1, 0.15) is 0 Å². The Morgan fingerprint density at radius 3 is 2.94 bits per heavy atom. The van der Waals surface area contributed by atoms with Crippen molar-refractivity contribution in [2.24, 2.45) is 5.92 Å². The van der Waals surface area contributed by atoms with Crippen molar-refractivity contribution in [2.45, 2.75) is 12.8 Å². The SMILES string of the molecule is O=C(NCCC1CCOC1)c1ccc(Br)cc1Br. The van der Waals surface area contributed by atoms with Crippen molar-refractivity contribution >= 4 is 37.8 Å². The third-order valence-corrected chi connectivity index (χ3v) is 4.19. The Hall–Kier alpha value is -0.390. The lowest BCUT2D eigenvalue weighted by Crippen LogP contribution is -2.26. The third-order valence-electron chi connectivity index (χ3n) is 3.04. The number of carbonyl (C=O) groups excluding carboxylic acids is 1. The maximum absolute atomic E-state index is 12.0. The van der Waals surface area contributed by atoms with Crippen LogP contribution in [0, 0.1) is 5.92 Å². The van der Waals surface area contributed by atoms with Crippen LogP contribution in [0.1, 0.15) is 23.2 Å². The minimum absolute atomic E-state index is 0.0340. The first-order valence-electron chi connectivity index (χ1n) is 5.98. The van der Waals surface area contributed by atoms with E-state index in [-0.39, 0.29) is 5.91 Å². The highest BCUT2D eigenvalue weighted by atomic mass is 79.9. The van der Waals surface area contributed by atoms with Crippen molar-refractivity contribution in [3.63, 3.8) is 0 Å². The summed E-state index contributed by atoms with van der Waals surface area (Å²) in [6, 6.07) is 5.55. The molecule has 1 fully saturated rings. The van der Waals surface area contributed by atoms with E-state index in [1.165, 1.54) is 0 Å². The zero-order valence-electron chi connectivity index (χ0n) is 9.92. The molecule has 98 valence electrons. The number of amides is 1. The van der Waals surface area contributed by atoms with Gasteiger partial charge in [-0.3, -0.25) is 4.79 Å². The minimum atomic E-state index is -0.0340. The van der Waals surface area contributed by atoms with Crippen LogP contribution in [0.3, 0.4) is 0 Å². The van der Waals surface area contributed by atoms with Crippen LogP contribution in [0.2, 0.25) is 0 Å². The fourth-order valence-corrected chi connectivity index (χ4v) is 3.20. The molecule has 1 aliphatic heterocycles. The van der Waals surface area contributed by atoms with Crippen LogP contribution in [0.5, 0.6) is 0 Å². The Morgan fingerprint density at radius 2 is 2.28 bits per heavy atom. The molecule has 1 heterocycles. The van der Waals surface area contributed by atoms with Gasteiger partial charge in [0.25, 0.3) is 5.91 Å². The van der Waals surface area contributed by atoms with Gasteiger partial charge in [0.05, 0.1) is 5.56 Å². The molecule has 0 bridgehead atoms. The maximum Gasteiger partial charge on any atom is 0.252 e. The van der Waals surface area contributed by atoms with E-state index < -0.39 is 0 Å². The molecule has 3 nitrogen and oxygen atoms in total. The number of hydrogen-bond acceptors (Lipinski definition) is 2. The second kappa shape index (κ2) is 6.68. The molecule has 0 saturated carbocycles. The van der Waals surface area contributed by atoms with Crippen LogP contribution in [0.4, 0.5) is 0 Å². The quantitative estimate of drug-likeness (QED) is 0.874. The van der Waals surface area contributed by atoms with Crippen LogP contribution in [0.25, 0.3) is 0 Å². The largest absolute Gasteiger partial charge is 0.381 e. The van der Waals surface area contributed by atoms with Crippen molar-refractivity contribution in [3.8, 4) is 0 Å². The van der Waals surface area contributed by atoms with E-state index in [0.29, 0.717) is 18.0 Å². The van der Waals surface area contributed by atoms with Gasteiger partial charge >= 0.3 is 0 Å². The zero-order valence-corrected chi connectivity index (χ0v) is 13.1. The summed E-state index contributed by atoms with van der Waals surface area (Å²) in [5, 5.41) is 2.95. The fourth-order valence-electron chi connectivity index (χ4n) is 1.97. The maximum atomic E-state index is 12.0. The molecular weight excluding hydrogens is 362 g/mol. The van der Waals surface area contributed by atoms with Gasteiger partial charge in [0.15, 0.2) is 0 Å². The summed E-state index contributed by atoms with van der Waals surface area (Å²) in [7, 11) is 0. The number of benzene rings is 1. The standard InChI is InChI=1S/C13H15Br2NO2/c14-10-1-2-11(12(15)7-10)13(17)16-5-3-9-4-6-18-8-9/h1-2,7,9H,3-6,8H2,(H,16,17). The van der Waals surface area contributed by atoms with Gasteiger partial charge in [-0.25, -0.2) is 0 Å². The number of ether oxygens (including phenoxy) is 1. The van der Waals surface area contributed by atoms with E-state index >= 15 is 0 Å². The number of rotatable bonds is 4. The van der Waals surface area contributed by atoms with Crippen LogP contribution < -0.4 is 5.32 Å². The summed E-state index contributed by atoms with van der Waals surface area (Å²) in [6.45, 7) is 2.39. The molecule has 1 N–H and O–H groups in total. The number of carbonyl (C=O) groups is 1. The van der Waals surface area contributed by atoms with Crippen molar-refractivity contribution < 1.29 is 9.53 Å². The lowest BCUT2D eigenvalue weighted by molar-refractivity contribution is 0.0949. The van der Waals surface area contributed by atoms with Gasteiger partial charge in [-0.15, -0.1) is 0 Å². The normalized spacial score (nSPS) is 18.9. The summed E-state index contributed by atoms with van der Waals surface area (Å²) in [4.78, 5) is 12.0. The Labute approximate surface area is 124 Å². The van der Waals surface area contributed by atoms with E-state index in [4.69, 9.17) is 4.74 Å². The lowest BCUT2D eigenvalue weighted by atomic mass is 10.1. The Kier molecular flexibility index (Phi) is 5.21.